The molecule has 1 unspecified atom stereocenters. The van der Waals surface area contributed by atoms with Crippen molar-refractivity contribution in [2.75, 3.05) is 13.2 Å². The number of amides is 1. The molecule has 8 heteroatoms. The van der Waals surface area contributed by atoms with Gasteiger partial charge in [-0.3, -0.25) is 14.2 Å². The number of rotatable bonds is 8. The van der Waals surface area contributed by atoms with Gasteiger partial charge >= 0.3 is 0 Å². The molecule has 1 amide bonds. The summed E-state index contributed by atoms with van der Waals surface area (Å²) in [5.74, 6) is 0.692. The van der Waals surface area contributed by atoms with Gasteiger partial charge in [0.15, 0.2) is 5.69 Å². The molecule has 4 rings (SSSR count). The quantitative estimate of drug-likeness (QED) is 0.582. The average Bonchev–Trinajstić information content (AvgIpc) is 3.28. The Morgan fingerprint density at radius 3 is 2.77 bits per heavy atom. The van der Waals surface area contributed by atoms with E-state index < -0.39 is 0 Å². The van der Waals surface area contributed by atoms with Gasteiger partial charge in [0, 0.05) is 42.5 Å². The standard InChI is InChI=1S/C23H30N6O2/c1-16-13-18(3)29(26-16)15-17(2)25-23(30)22-20-14-24-10-9-21(20)28(27-22)11-12-31-19-7-5-4-6-8-19/h4-8,13,17,24H,9-12,14-15H2,1-3H3,(H,25,30). The van der Waals surface area contributed by atoms with Gasteiger partial charge in [-0.1, -0.05) is 18.2 Å². The molecule has 0 aliphatic carbocycles. The van der Waals surface area contributed by atoms with E-state index in [0.717, 1.165) is 41.4 Å². The van der Waals surface area contributed by atoms with Crippen molar-refractivity contribution in [2.24, 2.45) is 0 Å². The van der Waals surface area contributed by atoms with Crippen molar-refractivity contribution >= 4 is 5.91 Å². The number of para-hydroxylation sites is 1. The van der Waals surface area contributed by atoms with Crippen molar-refractivity contribution in [3.05, 3.63) is 64.7 Å². The van der Waals surface area contributed by atoms with Gasteiger partial charge in [0.2, 0.25) is 0 Å². The monoisotopic (exact) mass is 422 g/mol. The Bertz CT molecular complexity index is 1040. The number of aromatic nitrogens is 4. The minimum Gasteiger partial charge on any atom is -0.492 e. The summed E-state index contributed by atoms with van der Waals surface area (Å²) in [5, 5.41) is 15.6. The summed E-state index contributed by atoms with van der Waals surface area (Å²) < 4.78 is 9.69. The van der Waals surface area contributed by atoms with E-state index >= 15 is 0 Å². The molecule has 164 valence electrons. The van der Waals surface area contributed by atoms with Crippen molar-refractivity contribution in [1.82, 2.24) is 30.2 Å². The van der Waals surface area contributed by atoms with Crippen LogP contribution in [0.2, 0.25) is 0 Å². The predicted molar refractivity (Wildman–Crippen MR) is 118 cm³/mol. The van der Waals surface area contributed by atoms with Crippen LogP contribution in [0.5, 0.6) is 5.75 Å². The summed E-state index contributed by atoms with van der Waals surface area (Å²) in [6, 6.07) is 11.7. The van der Waals surface area contributed by atoms with Gasteiger partial charge in [0.05, 0.1) is 18.8 Å². The summed E-state index contributed by atoms with van der Waals surface area (Å²) >= 11 is 0. The second-order valence-electron chi connectivity index (χ2n) is 8.07. The molecule has 1 aromatic carbocycles. The number of carbonyl (C=O) groups excluding carboxylic acids is 1. The Hall–Kier alpha value is -3.13. The highest BCUT2D eigenvalue weighted by atomic mass is 16.5. The molecule has 1 atom stereocenters. The zero-order valence-electron chi connectivity index (χ0n) is 18.4. The molecule has 0 radical (unpaired) electrons. The molecule has 0 saturated carbocycles. The van der Waals surface area contributed by atoms with E-state index in [1.165, 1.54) is 0 Å². The zero-order chi connectivity index (χ0) is 21.8. The number of fused-ring (bicyclic) bond motifs is 1. The molecule has 1 aliphatic heterocycles. The highest BCUT2D eigenvalue weighted by Crippen LogP contribution is 2.19. The molecule has 0 bridgehead atoms. The second-order valence-corrected chi connectivity index (χ2v) is 8.07. The fourth-order valence-corrected chi connectivity index (χ4v) is 4.01. The first kappa shape index (κ1) is 21.1. The number of benzene rings is 1. The van der Waals surface area contributed by atoms with Crippen LogP contribution in [0, 0.1) is 13.8 Å². The number of ether oxygens (including phenoxy) is 1. The third kappa shape index (κ3) is 4.96. The smallest absolute Gasteiger partial charge is 0.272 e. The van der Waals surface area contributed by atoms with E-state index in [2.05, 4.69) is 20.8 Å². The van der Waals surface area contributed by atoms with E-state index in [1.807, 2.05) is 66.5 Å². The molecule has 0 spiro atoms. The lowest BCUT2D eigenvalue weighted by Crippen LogP contribution is -2.37. The number of nitrogens with zero attached hydrogens (tertiary/aromatic N) is 4. The lowest BCUT2D eigenvalue weighted by Gasteiger charge is -2.17. The Morgan fingerprint density at radius 1 is 1.23 bits per heavy atom. The number of carbonyl (C=O) groups is 1. The Morgan fingerprint density at radius 2 is 2.03 bits per heavy atom. The Balaban J connectivity index is 1.43. The number of hydrogen-bond acceptors (Lipinski definition) is 5. The first-order chi connectivity index (χ1) is 15.0. The third-order valence-electron chi connectivity index (χ3n) is 5.46. The van der Waals surface area contributed by atoms with Crippen LogP contribution in [0.25, 0.3) is 0 Å². The predicted octanol–water partition coefficient (Wildman–Crippen LogP) is 2.24. The molecule has 3 heterocycles. The molecule has 8 nitrogen and oxygen atoms in total. The van der Waals surface area contributed by atoms with E-state index in [-0.39, 0.29) is 11.9 Å². The maximum atomic E-state index is 13.0. The molecule has 2 N–H and O–H groups in total. The maximum absolute atomic E-state index is 13.0. The first-order valence-corrected chi connectivity index (χ1v) is 10.8. The van der Waals surface area contributed by atoms with Crippen LogP contribution in [0.3, 0.4) is 0 Å². The molecule has 0 saturated heterocycles. The topological polar surface area (TPSA) is 86.0 Å². The second kappa shape index (κ2) is 9.34. The van der Waals surface area contributed by atoms with Crippen LogP contribution in [-0.4, -0.2) is 44.7 Å². The largest absolute Gasteiger partial charge is 0.492 e. The van der Waals surface area contributed by atoms with E-state index in [4.69, 9.17) is 4.74 Å². The van der Waals surface area contributed by atoms with Gasteiger partial charge in [-0.15, -0.1) is 0 Å². The van der Waals surface area contributed by atoms with E-state index in [0.29, 0.717) is 31.9 Å². The van der Waals surface area contributed by atoms with Crippen LogP contribution in [0.1, 0.15) is 40.1 Å². The van der Waals surface area contributed by atoms with Crippen LogP contribution in [0.4, 0.5) is 0 Å². The minimum atomic E-state index is -0.142. The van der Waals surface area contributed by atoms with Crippen molar-refractivity contribution in [1.29, 1.82) is 0 Å². The highest BCUT2D eigenvalue weighted by Gasteiger charge is 2.25. The molecule has 31 heavy (non-hydrogen) atoms. The van der Waals surface area contributed by atoms with Crippen molar-refractivity contribution in [3.8, 4) is 5.75 Å². The van der Waals surface area contributed by atoms with Gasteiger partial charge in [-0.2, -0.15) is 10.2 Å². The highest BCUT2D eigenvalue weighted by molar-refractivity contribution is 5.94. The lowest BCUT2D eigenvalue weighted by molar-refractivity contribution is 0.0928. The van der Waals surface area contributed by atoms with Gasteiger partial charge in [0.1, 0.15) is 12.4 Å². The molecule has 3 aromatic rings. The number of nitrogens with one attached hydrogen (secondary N) is 2. The zero-order valence-corrected chi connectivity index (χ0v) is 18.4. The number of aryl methyl sites for hydroxylation is 2. The van der Waals surface area contributed by atoms with Crippen molar-refractivity contribution < 1.29 is 9.53 Å². The normalized spacial score (nSPS) is 14.2. The van der Waals surface area contributed by atoms with Crippen LogP contribution in [-0.2, 0) is 26.1 Å². The fraction of sp³-hybridized carbons (Fsp3) is 0.435. The Kier molecular flexibility index (Phi) is 6.36. The summed E-state index contributed by atoms with van der Waals surface area (Å²) in [4.78, 5) is 13.0. The van der Waals surface area contributed by atoms with Gasteiger partial charge < -0.3 is 15.4 Å². The van der Waals surface area contributed by atoms with Crippen LogP contribution in [0.15, 0.2) is 36.4 Å². The summed E-state index contributed by atoms with van der Waals surface area (Å²) in [7, 11) is 0. The fourth-order valence-electron chi connectivity index (χ4n) is 4.01. The van der Waals surface area contributed by atoms with Crippen LogP contribution >= 0.6 is 0 Å². The molecular formula is C23H30N6O2. The van der Waals surface area contributed by atoms with Crippen molar-refractivity contribution in [3.63, 3.8) is 0 Å². The molecule has 0 fully saturated rings. The molecular weight excluding hydrogens is 392 g/mol. The molecule has 2 aromatic heterocycles. The maximum Gasteiger partial charge on any atom is 0.272 e. The third-order valence-corrected chi connectivity index (χ3v) is 5.46. The van der Waals surface area contributed by atoms with Crippen LogP contribution < -0.4 is 15.4 Å². The lowest BCUT2D eigenvalue weighted by atomic mass is 10.1. The SMILES string of the molecule is Cc1cc(C)n(CC(C)NC(=O)c2nn(CCOc3ccccc3)c3c2CNCC3)n1. The first-order valence-electron chi connectivity index (χ1n) is 10.8. The van der Waals surface area contributed by atoms with Crippen molar-refractivity contribution in [2.45, 2.75) is 52.9 Å². The Labute approximate surface area is 182 Å². The van der Waals surface area contributed by atoms with Gasteiger partial charge in [-0.25, -0.2) is 0 Å². The van der Waals surface area contributed by atoms with Gasteiger partial charge in [0.25, 0.3) is 5.91 Å². The average molecular weight is 423 g/mol. The van der Waals surface area contributed by atoms with E-state index in [9.17, 15) is 4.79 Å². The van der Waals surface area contributed by atoms with E-state index in [1.54, 1.807) is 0 Å². The van der Waals surface area contributed by atoms with Gasteiger partial charge in [-0.05, 0) is 39.0 Å². The summed E-state index contributed by atoms with van der Waals surface area (Å²) in [6.07, 6.45) is 0.849. The summed E-state index contributed by atoms with van der Waals surface area (Å²) in [6.45, 7) is 9.25. The minimum absolute atomic E-state index is 0.0655. The summed E-state index contributed by atoms with van der Waals surface area (Å²) in [5.41, 5.74) is 4.67. The number of hydrogen-bond donors (Lipinski definition) is 2. The molecule has 1 aliphatic rings.